The number of hydrogen-bond donors (Lipinski definition) is 0. The van der Waals surface area contributed by atoms with Crippen molar-refractivity contribution in [2.45, 2.75) is 0 Å². The molecular weight excluding hydrogens is 701 g/mol. The molecule has 0 atom stereocenters. The van der Waals surface area contributed by atoms with E-state index in [-0.39, 0.29) is 0 Å². The Bertz CT molecular complexity index is 3240. The third kappa shape index (κ3) is 5.42. The van der Waals surface area contributed by atoms with Gasteiger partial charge in [0, 0.05) is 53.2 Å². The first-order valence-corrected chi connectivity index (χ1v) is 19.6. The van der Waals surface area contributed by atoms with E-state index in [2.05, 4.69) is 176 Å². The van der Waals surface area contributed by atoms with Gasteiger partial charge in [-0.25, -0.2) is 9.97 Å². The summed E-state index contributed by atoms with van der Waals surface area (Å²) in [6.07, 6.45) is 0. The molecule has 0 saturated heterocycles. The summed E-state index contributed by atoms with van der Waals surface area (Å²) in [6.45, 7) is 0. The van der Waals surface area contributed by atoms with Crippen LogP contribution in [0.25, 0.3) is 109 Å². The summed E-state index contributed by atoms with van der Waals surface area (Å²) in [6, 6.07) is 68.2. The number of nitrogens with zero attached hydrogens (tertiary/aromatic N) is 2. The van der Waals surface area contributed by atoms with E-state index in [1.807, 2.05) is 29.5 Å². The molecule has 0 bridgehead atoms. The van der Waals surface area contributed by atoms with Crippen LogP contribution >= 0.6 is 11.3 Å². The van der Waals surface area contributed by atoms with Crippen molar-refractivity contribution < 1.29 is 4.42 Å². The predicted octanol–water partition coefficient (Wildman–Crippen LogP) is 14.7. The van der Waals surface area contributed by atoms with Crippen LogP contribution in [0.5, 0.6) is 0 Å². The summed E-state index contributed by atoms with van der Waals surface area (Å²) in [5, 5.41) is 4.83. The molecule has 0 amide bonds. The van der Waals surface area contributed by atoms with Crippen LogP contribution in [0.2, 0.25) is 0 Å². The molecule has 56 heavy (non-hydrogen) atoms. The minimum Gasteiger partial charge on any atom is -0.455 e. The second kappa shape index (κ2) is 13.3. The van der Waals surface area contributed by atoms with Crippen molar-refractivity contribution in [1.29, 1.82) is 0 Å². The summed E-state index contributed by atoms with van der Waals surface area (Å²) in [4.78, 5) is 10.4. The lowest BCUT2D eigenvalue weighted by Crippen LogP contribution is -1.97. The van der Waals surface area contributed by atoms with Gasteiger partial charge < -0.3 is 4.42 Å². The number of thiophene rings is 1. The maximum atomic E-state index is 6.76. The van der Waals surface area contributed by atoms with Crippen LogP contribution in [-0.4, -0.2) is 9.97 Å². The average Bonchev–Trinajstić information content (AvgIpc) is 3.86. The van der Waals surface area contributed by atoms with E-state index in [9.17, 15) is 0 Å². The Labute approximate surface area is 327 Å². The zero-order valence-corrected chi connectivity index (χ0v) is 31.0. The van der Waals surface area contributed by atoms with Crippen molar-refractivity contribution in [2.24, 2.45) is 0 Å². The van der Waals surface area contributed by atoms with Gasteiger partial charge in [0.2, 0.25) is 0 Å². The topological polar surface area (TPSA) is 38.9 Å². The van der Waals surface area contributed by atoms with E-state index in [0.29, 0.717) is 5.82 Å². The molecule has 8 aromatic carbocycles. The van der Waals surface area contributed by atoms with Gasteiger partial charge in [0.1, 0.15) is 11.2 Å². The second-order valence-corrected chi connectivity index (χ2v) is 15.1. The molecule has 262 valence electrons. The van der Waals surface area contributed by atoms with Gasteiger partial charge in [-0.2, -0.15) is 0 Å². The van der Waals surface area contributed by atoms with Gasteiger partial charge in [0.25, 0.3) is 0 Å². The van der Waals surface area contributed by atoms with Crippen molar-refractivity contribution in [2.75, 3.05) is 0 Å². The maximum absolute atomic E-state index is 6.76. The SMILES string of the molecule is c1ccc(-c2cc(-c3ccc(-c4ccc(-c5cccc6sc7ccccc7c56)c5c4oc4ccccc45)cc3)nc(-c3ccccc3-c3ccccc3)n2)cc1. The van der Waals surface area contributed by atoms with Gasteiger partial charge in [-0.1, -0.05) is 164 Å². The molecule has 3 heterocycles. The third-order valence-electron chi connectivity index (χ3n) is 10.8. The van der Waals surface area contributed by atoms with E-state index in [0.717, 1.165) is 72.3 Å². The van der Waals surface area contributed by atoms with Crippen LogP contribution in [0.4, 0.5) is 0 Å². The monoisotopic (exact) mass is 732 g/mol. The van der Waals surface area contributed by atoms with Crippen molar-refractivity contribution in [3.8, 4) is 67.3 Å². The molecule has 0 radical (unpaired) electrons. The molecule has 3 aromatic heterocycles. The minimum absolute atomic E-state index is 0.692. The fourth-order valence-electron chi connectivity index (χ4n) is 8.12. The van der Waals surface area contributed by atoms with Crippen LogP contribution in [-0.2, 0) is 0 Å². The number of benzene rings is 8. The molecule has 11 aromatic rings. The van der Waals surface area contributed by atoms with Gasteiger partial charge in [-0.05, 0) is 58.1 Å². The van der Waals surface area contributed by atoms with Gasteiger partial charge in [-0.15, -0.1) is 11.3 Å². The normalized spacial score (nSPS) is 11.6. The summed E-state index contributed by atoms with van der Waals surface area (Å²) in [7, 11) is 0. The lowest BCUT2D eigenvalue weighted by atomic mass is 9.92. The molecule has 11 rings (SSSR count). The second-order valence-electron chi connectivity index (χ2n) is 14.1. The molecule has 0 spiro atoms. The van der Waals surface area contributed by atoms with Gasteiger partial charge in [0.05, 0.1) is 11.4 Å². The Hall–Kier alpha value is -7.14. The van der Waals surface area contributed by atoms with Crippen LogP contribution < -0.4 is 0 Å². The summed E-state index contributed by atoms with van der Waals surface area (Å²) >= 11 is 1.85. The first kappa shape index (κ1) is 32.3. The van der Waals surface area contributed by atoms with Crippen molar-refractivity contribution in [1.82, 2.24) is 9.97 Å². The molecule has 4 heteroatoms. The summed E-state index contributed by atoms with van der Waals surface area (Å²) < 4.78 is 9.34. The van der Waals surface area contributed by atoms with E-state index >= 15 is 0 Å². The highest BCUT2D eigenvalue weighted by molar-refractivity contribution is 7.25. The highest BCUT2D eigenvalue weighted by Gasteiger charge is 2.20. The summed E-state index contributed by atoms with van der Waals surface area (Å²) in [5.74, 6) is 0.692. The van der Waals surface area contributed by atoms with Crippen LogP contribution in [0.1, 0.15) is 0 Å². The number of aromatic nitrogens is 2. The molecule has 0 saturated carbocycles. The van der Waals surface area contributed by atoms with E-state index in [1.165, 1.54) is 31.3 Å². The summed E-state index contributed by atoms with van der Waals surface area (Å²) in [5.41, 5.74) is 13.3. The Balaban J connectivity index is 1.05. The predicted molar refractivity (Wildman–Crippen MR) is 235 cm³/mol. The minimum atomic E-state index is 0.692. The molecule has 0 fully saturated rings. The number of para-hydroxylation sites is 1. The van der Waals surface area contributed by atoms with E-state index < -0.39 is 0 Å². The quantitative estimate of drug-likeness (QED) is 0.171. The lowest BCUT2D eigenvalue weighted by Gasteiger charge is -2.13. The van der Waals surface area contributed by atoms with Crippen LogP contribution in [0.15, 0.2) is 199 Å². The van der Waals surface area contributed by atoms with Crippen molar-refractivity contribution in [3.05, 3.63) is 194 Å². The molecule has 0 aliphatic heterocycles. The first-order chi connectivity index (χ1) is 27.8. The Morgan fingerprint density at radius 1 is 0.357 bits per heavy atom. The Morgan fingerprint density at radius 3 is 1.68 bits per heavy atom. The van der Waals surface area contributed by atoms with Crippen molar-refractivity contribution >= 4 is 53.4 Å². The number of fused-ring (bicyclic) bond motifs is 6. The van der Waals surface area contributed by atoms with Gasteiger partial charge >= 0.3 is 0 Å². The smallest absolute Gasteiger partial charge is 0.161 e. The van der Waals surface area contributed by atoms with E-state index in [4.69, 9.17) is 14.4 Å². The standard InChI is InChI=1S/C52H32N2OS/c1-3-14-33(15-4-1)37-18-7-8-19-41(37)52-53-44(35-16-5-2-6-17-35)32-45(54-52)36-28-26-34(27-29-36)38-30-31-40(50-42-20-9-11-23-46(42)55-51(38)50)39-22-13-25-48-49(39)43-21-10-12-24-47(43)56-48/h1-32H. The number of rotatable bonds is 6. The molecule has 0 unspecified atom stereocenters. The zero-order chi connectivity index (χ0) is 37.0. The number of furan rings is 1. The highest BCUT2D eigenvalue weighted by atomic mass is 32.1. The Morgan fingerprint density at radius 2 is 0.893 bits per heavy atom. The fourth-order valence-corrected chi connectivity index (χ4v) is 9.25. The molecule has 0 N–H and O–H groups in total. The molecule has 0 aliphatic carbocycles. The first-order valence-electron chi connectivity index (χ1n) is 18.8. The number of hydrogen-bond acceptors (Lipinski definition) is 4. The van der Waals surface area contributed by atoms with Gasteiger partial charge in [0.15, 0.2) is 5.82 Å². The highest BCUT2D eigenvalue weighted by Crippen LogP contribution is 2.46. The Kier molecular flexibility index (Phi) is 7.68. The molecular formula is C52H32N2OS. The van der Waals surface area contributed by atoms with Gasteiger partial charge in [-0.3, -0.25) is 0 Å². The fraction of sp³-hybridized carbons (Fsp3) is 0. The van der Waals surface area contributed by atoms with E-state index in [1.54, 1.807) is 0 Å². The third-order valence-corrected chi connectivity index (χ3v) is 11.9. The zero-order valence-electron chi connectivity index (χ0n) is 30.2. The van der Waals surface area contributed by atoms with Crippen LogP contribution in [0, 0.1) is 0 Å². The van der Waals surface area contributed by atoms with Crippen LogP contribution in [0.3, 0.4) is 0 Å². The largest absolute Gasteiger partial charge is 0.455 e. The average molecular weight is 733 g/mol. The maximum Gasteiger partial charge on any atom is 0.161 e. The molecule has 0 aliphatic rings. The lowest BCUT2D eigenvalue weighted by molar-refractivity contribution is 0.670. The van der Waals surface area contributed by atoms with Crippen molar-refractivity contribution in [3.63, 3.8) is 0 Å². The molecule has 3 nitrogen and oxygen atoms in total.